The minimum absolute atomic E-state index is 0.110. The molecule has 4 heteroatoms. The third-order valence-corrected chi connectivity index (χ3v) is 3.72. The smallest absolute Gasteiger partial charge is 0.261 e. The molecule has 0 aromatic heterocycles. The van der Waals surface area contributed by atoms with E-state index in [4.69, 9.17) is 16.3 Å². The summed E-state index contributed by atoms with van der Waals surface area (Å²) in [7, 11) is 0. The predicted molar refractivity (Wildman–Crippen MR) is 89.2 cm³/mol. The van der Waals surface area contributed by atoms with Crippen molar-refractivity contribution in [2.75, 3.05) is 0 Å². The van der Waals surface area contributed by atoms with Crippen molar-refractivity contribution in [1.29, 1.82) is 0 Å². The second-order valence-electron chi connectivity index (χ2n) is 5.11. The van der Waals surface area contributed by atoms with E-state index in [1.807, 2.05) is 38.1 Å². The van der Waals surface area contributed by atoms with Gasteiger partial charge in [0, 0.05) is 11.6 Å². The van der Waals surface area contributed by atoms with Crippen LogP contribution in [0.4, 0.5) is 0 Å². The fourth-order valence-electron chi connectivity index (χ4n) is 2.10. The first-order valence-corrected chi connectivity index (χ1v) is 7.72. The number of carbonyl (C=O) groups is 1. The molecule has 1 N–H and O–H groups in total. The molecule has 2 rings (SSSR count). The lowest BCUT2D eigenvalue weighted by atomic mass is 10.1. The van der Waals surface area contributed by atoms with Gasteiger partial charge in [-0.05, 0) is 48.7 Å². The van der Waals surface area contributed by atoms with E-state index in [9.17, 15) is 4.79 Å². The maximum Gasteiger partial charge on any atom is 0.261 e. The molecule has 1 atom stereocenters. The maximum atomic E-state index is 12.3. The van der Waals surface area contributed by atoms with Gasteiger partial charge in [-0.25, -0.2) is 0 Å². The molecule has 2 aromatic carbocycles. The Kier molecular flexibility index (Phi) is 5.84. The average molecular weight is 318 g/mol. The SMILES string of the molecule is CC[C@H](Oc1ccc(Cl)cc1)C(=O)NCc1ccccc1C. The molecule has 0 heterocycles. The van der Waals surface area contributed by atoms with Gasteiger partial charge in [0.15, 0.2) is 6.10 Å². The van der Waals surface area contributed by atoms with Crippen LogP contribution >= 0.6 is 11.6 Å². The van der Waals surface area contributed by atoms with Gasteiger partial charge in [0.1, 0.15) is 5.75 Å². The van der Waals surface area contributed by atoms with Crippen molar-refractivity contribution in [3.05, 3.63) is 64.7 Å². The van der Waals surface area contributed by atoms with Crippen molar-refractivity contribution in [3.63, 3.8) is 0 Å². The number of carbonyl (C=O) groups excluding carboxylic acids is 1. The predicted octanol–water partition coefficient (Wildman–Crippen LogP) is 4.12. The molecule has 0 aliphatic rings. The van der Waals surface area contributed by atoms with Crippen LogP contribution in [0.25, 0.3) is 0 Å². The van der Waals surface area contributed by atoms with Gasteiger partial charge in [0.05, 0.1) is 0 Å². The molecule has 2 aromatic rings. The Balaban J connectivity index is 1.94. The minimum Gasteiger partial charge on any atom is -0.481 e. The number of rotatable bonds is 6. The van der Waals surface area contributed by atoms with Crippen LogP contribution in [0.1, 0.15) is 24.5 Å². The van der Waals surface area contributed by atoms with Crippen LogP contribution in [0, 0.1) is 6.92 Å². The summed E-state index contributed by atoms with van der Waals surface area (Å²) >= 11 is 5.84. The molecule has 0 saturated heterocycles. The normalized spacial score (nSPS) is 11.8. The summed E-state index contributed by atoms with van der Waals surface area (Å²) < 4.78 is 5.73. The van der Waals surface area contributed by atoms with Crippen molar-refractivity contribution in [3.8, 4) is 5.75 Å². The molecule has 0 spiro atoms. The van der Waals surface area contributed by atoms with Crippen molar-refractivity contribution >= 4 is 17.5 Å². The number of amides is 1. The zero-order chi connectivity index (χ0) is 15.9. The number of hydrogen-bond acceptors (Lipinski definition) is 2. The van der Waals surface area contributed by atoms with Crippen molar-refractivity contribution < 1.29 is 9.53 Å². The maximum absolute atomic E-state index is 12.3. The number of ether oxygens (including phenoxy) is 1. The summed E-state index contributed by atoms with van der Waals surface area (Å²) in [5.41, 5.74) is 2.27. The highest BCUT2D eigenvalue weighted by atomic mass is 35.5. The summed E-state index contributed by atoms with van der Waals surface area (Å²) in [6.07, 6.45) is 0.0904. The molecule has 0 unspecified atom stereocenters. The number of nitrogens with one attached hydrogen (secondary N) is 1. The lowest BCUT2D eigenvalue weighted by Crippen LogP contribution is -2.37. The lowest BCUT2D eigenvalue weighted by Gasteiger charge is -2.17. The zero-order valence-corrected chi connectivity index (χ0v) is 13.6. The van der Waals surface area contributed by atoms with Crippen LogP contribution in [0.15, 0.2) is 48.5 Å². The fraction of sp³-hybridized carbons (Fsp3) is 0.278. The summed E-state index contributed by atoms with van der Waals surface area (Å²) in [6, 6.07) is 15.0. The molecule has 0 bridgehead atoms. The second-order valence-corrected chi connectivity index (χ2v) is 5.55. The first kappa shape index (κ1) is 16.4. The van der Waals surface area contributed by atoms with Gasteiger partial charge in [-0.3, -0.25) is 4.79 Å². The van der Waals surface area contributed by atoms with E-state index in [0.717, 1.165) is 11.1 Å². The Bertz CT molecular complexity index is 625. The topological polar surface area (TPSA) is 38.3 Å². The quantitative estimate of drug-likeness (QED) is 0.870. The van der Waals surface area contributed by atoms with Crippen LogP contribution in [-0.4, -0.2) is 12.0 Å². The molecule has 0 fully saturated rings. The van der Waals surface area contributed by atoms with Crippen LogP contribution in [0.5, 0.6) is 5.75 Å². The first-order valence-electron chi connectivity index (χ1n) is 7.34. The molecule has 0 aliphatic carbocycles. The van der Waals surface area contributed by atoms with Gasteiger partial charge < -0.3 is 10.1 Å². The van der Waals surface area contributed by atoms with E-state index in [2.05, 4.69) is 5.32 Å². The number of hydrogen-bond donors (Lipinski definition) is 1. The Morgan fingerprint density at radius 1 is 1.18 bits per heavy atom. The standard InChI is InChI=1S/C18H20ClNO2/c1-3-17(22-16-10-8-15(19)9-11-16)18(21)20-12-14-7-5-4-6-13(14)2/h4-11,17H,3,12H2,1-2H3,(H,20,21)/t17-/m0/s1. The zero-order valence-electron chi connectivity index (χ0n) is 12.8. The molecule has 0 saturated carbocycles. The van der Waals surface area contributed by atoms with Crippen molar-refractivity contribution in [2.24, 2.45) is 0 Å². The van der Waals surface area contributed by atoms with Crippen molar-refractivity contribution in [2.45, 2.75) is 32.9 Å². The van der Waals surface area contributed by atoms with Gasteiger partial charge in [-0.1, -0.05) is 42.8 Å². The van der Waals surface area contributed by atoms with E-state index in [1.54, 1.807) is 24.3 Å². The number of aryl methyl sites for hydroxylation is 1. The molecule has 3 nitrogen and oxygen atoms in total. The highest BCUT2D eigenvalue weighted by Crippen LogP contribution is 2.17. The summed E-state index contributed by atoms with van der Waals surface area (Å²) in [6.45, 7) is 4.46. The molecule has 1 amide bonds. The molecular formula is C18H20ClNO2. The van der Waals surface area contributed by atoms with Crippen LogP contribution < -0.4 is 10.1 Å². The number of benzene rings is 2. The summed E-state index contributed by atoms with van der Waals surface area (Å²) in [4.78, 5) is 12.3. The molecule has 0 radical (unpaired) electrons. The molecule has 0 aliphatic heterocycles. The summed E-state index contributed by atoms with van der Waals surface area (Å²) in [5, 5.41) is 3.58. The van der Waals surface area contributed by atoms with Gasteiger partial charge in [0.25, 0.3) is 5.91 Å². The Morgan fingerprint density at radius 3 is 2.50 bits per heavy atom. The van der Waals surface area contributed by atoms with Gasteiger partial charge >= 0.3 is 0 Å². The first-order chi connectivity index (χ1) is 10.6. The van der Waals surface area contributed by atoms with E-state index in [0.29, 0.717) is 23.7 Å². The molecule has 22 heavy (non-hydrogen) atoms. The largest absolute Gasteiger partial charge is 0.481 e. The Labute approximate surface area is 136 Å². The Hall–Kier alpha value is -2.00. The fourth-order valence-corrected chi connectivity index (χ4v) is 2.23. The lowest BCUT2D eigenvalue weighted by molar-refractivity contribution is -0.128. The molecule has 116 valence electrons. The van der Waals surface area contributed by atoms with Crippen LogP contribution in [0.3, 0.4) is 0 Å². The van der Waals surface area contributed by atoms with Crippen LogP contribution in [0.2, 0.25) is 5.02 Å². The third kappa shape index (κ3) is 4.50. The van der Waals surface area contributed by atoms with E-state index in [-0.39, 0.29) is 5.91 Å². The molecular weight excluding hydrogens is 298 g/mol. The highest BCUT2D eigenvalue weighted by molar-refractivity contribution is 6.30. The van der Waals surface area contributed by atoms with E-state index < -0.39 is 6.10 Å². The van der Waals surface area contributed by atoms with Gasteiger partial charge in [-0.2, -0.15) is 0 Å². The summed E-state index contributed by atoms with van der Waals surface area (Å²) in [5.74, 6) is 0.531. The minimum atomic E-state index is -0.509. The van der Waals surface area contributed by atoms with E-state index >= 15 is 0 Å². The Morgan fingerprint density at radius 2 is 1.86 bits per heavy atom. The number of halogens is 1. The van der Waals surface area contributed by atoms with E-state index in [1.165, 1.54) is 0 Å². The average Bonchev–Trinajstić information content (AvgIpc) is 2.53. The van der Waals surface area contributed by atoms with Crippen molar-refractivity contribution in [1.82, 2.24) is 5.32 Å². The van der Waals surface area contributed by atoms with Gasteiger partial charge in [0.2, 0.25) is 0 Å². The monoisotopic (exact) mass is 317 g/mol. The van der Waals surface area contributed by atoms with Gasteiger partial charge in [-0.15, -0.1) is 0 Å². The second kappa shape index (κ2) is 7.85. The third-order valence-electron chi connectivity index (χ3n) is 3.47. The highest BCUT2D eigenvalue weighted by Gasteiger charge is 2.18. The van der Waals surface area contributed by atoms with Crippen LogP contribution in [-0.2, 0) is 11.3 Å².